The van der Waals surface area contributed by atoms with E-state index in [1.54, 1.807) is 11.9 Å². The van der Waals surface area contributed by atoms with E-state index in [4.69, 9.17) is 9.84 Å². The summed E-state index contributed by atoms with van der Waals surface area (Å²) in [6.45, 7) is 8.65. The number of hydrogen-bond donors (Lipinski definition) is 3. The lowest BCUT2D eigenvalue weighted by atomic mass is 9.62. The predicted molar refractivity (Wildman–Crippen MR) is 121 cm³/mol. The summed E-state index contributed by atoms with van der Waals surface area (Å²) in [4.78, 5) is 41.9. The third kappa shape index (κ3) is 3.94. The standard InChI is InChI=1S/C24H41N3O5/c1-6-11-16(3)26-21(30)19-24-14-15(2)23(4,32-24)17(20(29)25-5)18(24)22(31)27(19)12-9-7-8-10-13-28/h15-19,28H,6-14H2,1-5H3,(H,25,29)(H,26,30)/t15?,16?,17-,18+,19?,23+,24?/m1/s1. The van der Waals surface area contributed by atoms with Crippen molar-refractivity contribution in [2.75, 3.05) is 20.2 Å². The maximum Gasteiger partial charge on any atom is 0.246 e. The first kappa shape index (κ1) is 25.0. The Labute approximate surface area is 191 Å². The van der Waals surface area contributed by atoms with Crippen LogP contribution in [0.3, 0.4) is 0 Å². The van der Waals surface area contributed by atoms with E-state index in [-0.39, 0.29) is 36.3 Å². The Hall–Kier alpha value is -1.67. The molecule has 8 nitrogen and oxygen atoms in total. The second-order valence-corrected chi connectivity index (χ2v) is 10.2. The van der Waals surface area contributed by atoms with Crippen LogP contribution in [0, 0.1) is 17.8 Å². The number of amides is 3. The van der Waals surface area contributed by atoms with E-state index in [0.29, 0.717) is 13.0 Å². The average Bonchev–Trinajstić information content (AvgIpc) is 3.24. The summed E-state index contributed by atoms with van der Waals surface area (Å²) in [7, 11) is 1.59. The molecule has 3 N–H and O–H groups in total. The molecule has 0 aliphatic carbocycles. The highest BCUT2D eigenvalue weighted by Gasteiger charge is 2.79. The zero-order valence-electron chi connectivity index (χ0n) is 20.3. The number of carbonyl (C=O) groups is 3. The smallest absolute Gasteiger partial charge is 0.246 e. The van der Waals surface area contributed by atoms with Crippen LogP contribution in [0.4, 0.5) is 0 Å². The number of nitrogens with zero attached hydrogens (tertiary/aromatic N) is 1. The minimum atomic E-state index is -0.969. The number of unbranched alkanes of at least 4 members (excludes halogenated alkanes) is 3. The van der Waals surface area contributed by atoms with Gasteiger partial charge in [0.25, 0.3) is 0 Å². The summed E-state index contributed by atoms with van der Waals surface area (Å²) < 4.78 is 6.62. The number of rotatable bonds is 11. The van der Waals surface area contributed by atoms with Crippen LogP contribution in [0.1, 0.15) is 72.6 Å². The summed E-state index contributed by atoms with van der Waals surface area (Å²) >= 11 is 0. The Kier molecular flexibility index (Phi) is 7.55. The summed E-state index contributed by atoms with van der Waals surface area (Å²) in [6, 6.07) is -0.720. The lowest BCUT2D eigenvalue weighted by Gasteiger charge is -2.36. The molecule has 1 spiro atoms. The van der Waals surface area contributed by atoms with Gasteiger partial charge in [-0.05, 0) is 45.4 Å². The van der Waals surface area contributed by atoms with E-state index >= 15 is 0 Å². The summed E-state index contributed by atoms with van der Waals surface area (Å²) in [6.07, 6.45) is 5.64. The first-order chi connectivity index (χ1) is 15.2. The molecule has 3 saturated heterocycles. The maximum atomic E-state index is 13.7. The zero-order valence-corrected chi connectivity index (χ0v) is 20.3. The first-order valence-corrected chi connectivity index (χ1v) is 12.3. The fraction of sp³-hybridized carbons (Fsp3) is 0.875. The molecule has 7 atom stereocenters. The van der Waals surface area contributed by atoms with Crippen molar-refractivity contribution in [1.29, 1.82) is 0 Å². The normalized spacial score (nSPS) is 36.3. The average molecular weight is 452 g/mol. The van der Waals surface area contributed by atoms with Gasteiger partial charge >= 0.3 is 0 Å². The van der Waals surface area contributed by atoms with Crippen LogP contribution in [0.25, 0.3) is 0 Å². The first-order valence-electron chi connectivity index (χ1n) is 12.3. The molecule has 0 radical (unpaired) electrons. The molecule has 8 heteroatoms. The van der Waals surface area contributed by atoms with Crippen molar-refractivity contribution in [3.05, 3.63) is 0 Å². The lowest BCUT2D eigenvalue weighted by molar-refractivity contribution is -0.147. The minimum Gasteiger partial charge on any atom is -0.396 e. The van der Waals surface area contributed by atoms with Crippen molar-refractivity contribution in [2.45, 2.75) is 95.9 Å². The van der Waals surface area contributed by atoms with Gasteiger partial charge in [0.15, 0.2) is 0 Å². The number of carbonyl (C=O) groups excluding carboxylic acids is 3. The molecule has 3 amide bonds. The van der Waals surface area contributed by atoms with Crippen LogP contribution in [0.2, 0.25) is 0 Å². The van der Waals surface area contributed by atoms with Crippen molar-refractivity contribution in [3.8, 4) is 0 Å². The topological polar surface area (TPSA) is 108 Å². The molecule has 3 rings (SSSR count). The van der Waals surface area contributed by atoms with Gasteiger partial charge in [0.1, 0.15) is 11.6 Å². The lowest BCUT2D eigenvalue weighted by Crippen LogP contribution is -2.57. The largest absolute Gasteiger partial charge is 0.396 e. The molecule has 4 unspecified atom stereocenters. The number of fused-ring (bicyclic) bond motifs is 1. The molecule has 182 valence electrons. The van der Waals surface area contributed by atoms with Crippen molar-refractivity contribution in [1.82, 2.24) is 15.5 Å². The van der Waals surface area contributed by atoms with E-state index < -0.39 is 29.1 Å². The molecular weight excluding hydrogens is 410 g/mol. The summed E-state index contributed by atoms with van der Waals surface area (Å²) in [5.74, 6) is -1.69. The fourth-order valence-corrected chi connectivity index (χ4v) is 6.41. The van der Waals surface area contributed by atoms with Gasteiger partial charge in [-0.15, -0.1) is 0 Å². The van der Waals surface area contributed by atoms with Crippen LogP contribution in [0.5, 0.6) is 0 Å². The van der Waals surface area contributed by atoms with Crippen LogP contribution >= 0.6 is 0 Å². The third-order valence-electron chi connectivity index (χ3n) is 8.01. The third-order valence-corrected chi connectivity index (χ3v) is 8.01. The fourth-order valence-electron chi connectivity index (χ4n) is 6.41. The van der Waals surface area contributed by atoms with Gasteiger partial charge in [-0.25, -0.2) is 0 Å². The number of aliphatic hydroxyl groups excluding tert-OH is 1. The van der Waals surface area contributed by atoms with Gasteiger partial charge in [-0.3, -0.25) is 14.4 Å². The predicted octanol–water partition coefficient (Wildman–Crippen LogP) is 1.60. The molecule has 0 aromatic carbocycles. The van der Waals surface area contributed by atoms with E-state index in [9.17, 15) is 14.4 Å². The van der Waals surface area contributed by atoms with E-state index in [1.165, 1.54) is 0 Å². The molecule has 32 heavy (non-hydrogen) atoms. The highest BCUT2D eigenvalue weighted by atomic mass is 16.5. The van der Waals surface area contributed by atoms with Crippen molar-refractivity contribution in [2.24, 2.45) is 17.8 Å². The zero-order chi connectivity index (χ0) is 23.7. The monoisotopic (exact) mass is 451 g/mol. The van der Waals surface area contributed by atoms with Crippen molar-refractivity contribution >= 4 is 17.7 Å². The van der Waals surface area contributed by atoms with Crippen LogP contribution in [-0.4, -0.2) is 71.2 Å². The number of likely N-dealkylation sites (tertiary alicyclic amines) is 1. The number of aliphatic hydroxyl groups is 1. The molecule has 3 fully saturated rings. The summed E-state index contributed by atoms with van der Waals surface area (Å²) in [5, 5.41) is 14.9. The molecule has 3 aliphatic rings. The van der Waals surface area contributed by atoms with Crippen LogP contribution in [-0.2, 0) is 19.1 Å². The van der Waals surface area contributed by atoms with Gasteiger partial charge < -0.3 is 25.4 Å². The molecule has 0 aromatic rings. The van der Waals surface area contributed by atoms with Crippen LogP contribution < -0.4 is 10.6 Å². The van der Waals surface area contributed by atoms with Gasteiger partial charge in [0.05, 0.1) is 17.4 Å². The minimum absolute atomic E-state index is 0.00538. The number of ether oxygens (including phenoxy) is 1. The Morgan fingerprint density at radius 1 is 1.25 bits per heavy atom. The number of nitrogens with one attached hydrogen (secondary N) is 2. The quantitative estimate of drug-likeness (QED) is 0.414. The molecule has 0 aromatic heterocycles. The molecule has 3 aliphatic heterocycles. The Balaban J connectivity index is 1.93. The summed E-state index contributed by atoms with van der Waals surface area (Å²) in [5.41, 5.74) is -1.73. The number of hydrogen-bond acceptors (Lipinski definition) is 5. The second-order valence-electron chi connectivity index (χ2n) is 10.2. The van der Waals surface area contributed by atoms with E-state index in [2.05, 4.69) is 24.5 Å². The highest BCUT2D eigenvalue weighted by molar-refractivity contribution is 5.99. The van der Waals surface area contributed by atoms with Gasteiger partial charge in [-0.1, -0.05) is 33.1 Å². The Bertz CT molecular complexity index is 730. The Morgan fingerprint density at radius 3 is 2.56 bits per heavy atom. The maximum absolute atomic E-state index is 13.7. The Morgan fingerprint density at radius 2 is 1.94 bits per heavy atom. The second kappa shape index (κ2) is 9.67. The van der Waals surface area contributed by atoms with Crippen molar-refractivity contribution in [3.63, 3.8) is 0 Å². The van der Waals surface area contributed by atoms with E-state index in [1.807, 2.05) is 13.8 Å². The molecule has 2 bridgehead atoms. The molecular formula is C24H41N3O5. The van der Waals surface area contributed by atoms with Crippen LogP contribution in [0.15, 0.2) is 0 Å². The van der Waals surface area contributed by atoms with Gasteiger partial charge in [0, 0.05) is 26.2 Å². The van der Waals surface area contributed by atoms with Crippen molar-refractivity contribution < 1.29 is 24.2 Å². The highest BCUT2D eigenvalue weighted by Crippen LogP contribution is 2.65. The van der Waals surface area contributed by atoms with Gasteiger partial charge in [-0.2, -0.15) is 0 Å². The van der Waals surface area contributed by atoms with E-state index in [0.717, 1.165) is 38.5 Å². The van der Waals surface area contributed by atoms with Gasteiger partial charge in [0.2, 0.25) is 17.7 Å². The molecule has 0 saturated carbocycles. The SMILES string of the molecule is CCCC(C)NC(=O)C1N(CCCCCCO)C(=O)[C@@H]2[C@H](C(=O)NC)[C@@]3(C)OC12CC3C. The molecule has 3 heterocycles.